The molecule has 0 aliphatic heterocycles. The second-order valence-corrected chi connectivity index (χ2v) is 4.51. The van der Waals surface area contributed by atoms with E-state index in [0.717, 1.165) is 6.54 Å². The van der Waals surface area contributed by atoms with Gasteiger partial charge in [0, 0.05) is 7.11 Å². The average Bonchev–Trinajstić information content (AvgIpc) is 2.36. The van der Waals surface area contributed by atoms with E-state index < -0.39 is 5.54 Å². The van der Waals surface area contributed by atoms with Crippen LogP contribution in [0.15, 0.2) is 0 Å². The molecule has 6 heteroatoms. The van der Waals surface area contributed by atoms with Gasteiger partial charge >= 0.3 is 5.97 Å². The van der Waals surface area contributed by atoms with Gasteiger partial charge < -0.3 is 24.3 Å². The molecule has 0 bridgehead atoms. The topological polar surface area (TPSA) is 66.0 Å². The van der Waals surface area contributed by atoms with Crippen molar-refractivity contribution in [2.45, 2.75) is 26.3 Å². The van der Waals surface area contributed by atoms with Crippen LogP contribution in [-0.2, 0) is 23.7 Å². The van der Waals surface area contributed by atoms with Gasteiger partial charge in [0.25, 0.3) is 0 Å². The van der Waals surface area contributed by atoms with Gasteiger partial charge in [-0.2, -0.15) is 0 Å². The van der Waals surface area contributed by atoms with Crippen molar-refractivity contribution in [3.63, 3.8) is 0 Å². The lowest BCUT2D eigenvalue weighted by molar-refractivity contribution is -0.151. The zero-order valence-electron chi connectivity index (χ0n) is 12.5. The first-order valence-corrected chi connectivity index (χ1v) is 6.61. The molecule has 0 fully saturated rings. The molecule has 0 aliphatic carbocycles. The minimum Gasteiger partial charge on any atom is -0.462 e. The third-order valence-corrected chi connectivity index (χ3v) is 2.39. The maximum absolute atomic E-state index is 11.7. The summed E-state index contributed by atoms with van der Waals surface area (Å²) in [7, 11) is 1.63. The Kier molecular flexibility index (Phi) is 10.8. The third kappa shape index (κ3) is 9.84. The summed E-state index contributed by atoms with van der Waals surface area (Å²) in [6, 6.07) is 0. The van der Waals surface area contributed by atoms with E-state index in [-0.39, 0.29) is 12.6 Å². The highest BCUT2D eigenvalue weighted by Gasteiger charge is 2.27. The first-order valence-electron chi connectivity index (χ1n) is 6.61. The summed E-state index contributed by atoms with van der Waals surface area (Å²) < 4.78 is 20.4. The van der Waals surface area contributed by atoms with Crippen LogP contribution in [0.5, 0.6) is 0 Å². The molecule has 0 radical (unpaired) electrons. The molecule has 0 unspecified atom stereocenters. The van der Waals surface area contributed by atoms with Crippen LogP contribution in [0.2, 0.25) is 0 Å². The number of rotatable bonds is 12. The Balaban J connectivity index is 3.41. The third-order valence-electron chi connectivity index (χ3n) is 2.39. The molecular formula is C13H27NO5. The van der Waals surface area contributed by atoms with Crippen molar-refractivity contribution >= 4 is 5.97 Å². The second kappa shape index (κ2) is 11.2. The molecular weight excluding hydrogens is 250 g/mol. The van der Waals surface area contributed by atoms with Gasteiger partial charge in [-0.05, 0) is 20.4 Å². The molecule has 0 aromatic carbocycles. The maximum atomic E-state index is 11.7. The van der Waals surface area contributed by atoms with Crippen LogP contribution in [0, 0.1) is 0 Å². The predicted octanol–water partition coefficient (Wildman–Crippen LogP) is 0.597. The largest absolute Gasteiger partial charge is 0.462 e. The number of carbonyl (C=O) groups excluding carboxylic acids is 1. The zero-order chi connectivity index (χ0) is 14.6. The quantitative estimate of drug-likeness (QED) is 0.416. The predicted molar refractivity (Wildman–Crippen MR) is 72.2 cm³/mol. The summed E-state index contributed by atoms with van der Waals surface area (Å²) in [5.41, 5.74) is -0.655. The van der Waals surface area contributed by atoms with Crippen molar-refractivity contribution in [3.05, 3.63) is 0 Å². The molecule has 1 N–H and O–H groups in total. The summed E-state index contributed by atoms with van der Waals surface area (Å²) >= 11 is 0. The van der Waals surface area contributed by atoms with Gasteiger partial charge in [0.05, 0.1) is 33.0 Å². The molecule has 19 heavy (non-hydrogen) atoms. The summed E-state index contributed by atoms with van der Waals surface area (Å²) in [5.74, 6) is -0.269. The van der Waals surface area contributed by atoms with Crippen LogP contribution < -0.4 is 5.32 Å². The van der Waals surface area contributed by atoms with Crippen molar-refractivity contribution in [1.29, 1.82) is 0 Å². The van der Waals surface area contributed by atoms with E-state index in [4.69, 9.17) is 18.9 Å². The van der Waals surface area contributed by atoms with E-state index in [1.165, 1.54) is 0 Å². The lowest BCUT2D eigenvalue weighted by atomic mass is 10.1. The lowest BCUT2D eigenvalue weighted by Gasteiger charge is -2.23. The summed E-state index contributed by atoms with van der Waals surface area (Å²) in [6.07, 6.45) is 0. The summed E-state index contributed by atoms with van der Waals surface area (Å²) in [5, 5.41) is 3.06. The van der Waals surface area contributed by atoms with E-state index in [1.54, 1.807) is 21.0 Å². The van der Waals surface area contributed by atoms with Gasteiger partial charge in [0.1, 0.15) is 12.1 Å². The minimum atomic E-state index is -0.655. The van der Waals surface area contributed by atoms with Crippen molar-refractivity contribution in [1.82, 2.24) is 5.32 Å². The highest BCUT2D eigenvalue weighted by atomic mass is 16.6. The Morgan fingerprint density at radius 1 is 1.00 bits per heavy atom. The van der Waals surface area contributed by atoms with Crippen LogP contribution in [0.3, 0.4) is 0 Å². The van der Waals surface area contributed by atoms with E-state index in [0.29, 0.717) is 33.0 Å². The molecule has 0 aromatic rings. The van der Waals surface area contributed by atoms with Gasteiger partial charge in [-0.3, -0.25) is 4.79 Å². The Morgan fingerprint density at radius 3 is 2.05 bits per heavy atom. The number of hydrogen-bond donors (Lipinski definition) is 1. The number of hydrogen-bond acceptors (Lipinski definition) is 6. The number of esters is 1. The number of carbonyl (C=O) groups is 1. The van der Waals surface area contributed by atoms with Gasteiger partial charge in [0.2, 0.25) is 0 Å². The van der Waals surface area contributed by atoms with E-state index in [1.807, 2.05) is 6.92 Å². The van der Waals surface area contributed by atoms with Gasteiger partial charge in [-0.25, -0.2) is 0 Å². The highest BCUT2D eigenvalue weighted by Crippen LogP contribution is 2.04. The SMILES string of the molecule is CCNC(C)(C)C(=O)OCCOCCOCCOC. The molecule has 0 atom stereocenters. The molecule has 0 aromatic heterocycles. The fourth-order valence-corrected chi connectivity index (χ4v) is 1.35. The molecule has 0 heterocycles. The van der Waals surface area contributed by atoms with Crippen LogP contribution >= 0.6 is 0 Å². The molecule has 0 rings (SSSR count). The Hall–Kier alpha value is -0.690. The number of likely N-dealkylation sites (N-methyl/N-ethyl adjacent to an activating group) is 1. The highest BCUT2D eigenvalue weighted by molar-refractivity contribution is 5.79. The Morgan fingerprint density at radius 2 is 1.53 bits per heavy atom. The average molecular weight is 277 g/mol. The van der Waals surface area contributed by atoms with Gasteiger partial charge in [0.15, 0.2) is 0 Å². The van der Waals surface area contributed by atoms with Gasteiger partial charge in [-0.1, -0.05) is 6.92 Å². The summed E-state index contributed by atoms with van der Waals surface area (Å²) in [6.45, 7) is 9.03. The minimum absolute atomic E-state index is 0.256. The number of methoxy groups -OCH3 is 1. The molecule has 0 amide bonds. The van der Waals surface area contributed by atoms with E-state index >= 15 is 0 Å². The Bertz CT molecular complexity index is 233. The molecule has 114 valence electrons. The van der Waals surface area contributed by atoms with Crippen LogP contribution in [-0.4, -0.2) is 64.8 Å². The number of nitrogens with one attached hydrogen (secondary N) is 1. The maximum Gasteiger partial charge on any atom is 0.325 e. The zero-order valence-corrected chi connectivity index (χ0v) is 12.5. The van der Waals surface area contributed by atoms with E-state index in [9.17, 15) is 4.79 Å². The molecule has 0 aliphatic rings. The lowest BCUT2D eigenvalue weighted by Crippen LogP contribution is -2.47. The van der Waals surface area contributed by atoms with Crippen molar-refractivity contribution in [2.24, 2.45) is 0 Å². The van der Waals surface area contributed by atoms with Crippen LogP contribution in [0.1, 0.15) is 20.8 Å². The molecule has 0 saturated heterocycles. The summed E-state index contributed by atoms with van der Waals surface area (Å²) in [4.78, 5) is 11.7. The van der Waals surface area contributed by atoms with Crippen LogP contribution in [0.4, 0.5) is 0 Å². The van der Waals surface area contributed by atoms with Crippen molar-refractivity contribution in [3.8, 4) is 0 Å². The molecule has 0 spiro atoms. The first kappa shape index (κ1) is 18.3. The van der Waals surface area contributed by atoms with Crippen molar-refractivity contribution in [2.75, 3.05) is 53.3 Å². The van der Waals surface area contributed by atoms with E-state index in [2.05, 4.69) is 5.32 Å². The molecule has 0 saturated carbocycles. The first-order chi connectivity index (χ1) is 9.04. The van der Waals surface area contributed by atoms with Crippen LogP contribution in [0.25, 0.3) is 0 Å². The second-order valence-electron chi connectivity index (χ2n) is 4.51. The standard InChI is InChI=1S/C13H27NO5/c1-5-14-13(2,3)12(15)19-11-10-18-9-8-17-7-6-16-4/h14H,5-11H2,1-4H3. The fourth-order valence-electron chi connectivity index (χ4n) is 1.35. The fraction of sp³-hybridized carbons (Fsp3) is 0.923. The monoisotopic (exact) mass is 277 g/mol. The smallest absolute Gasteiger partial charge is 0.325 e. The number of ether oxygens (including phenoxy) is 4. The Labute approximate surface area is 115 Å². The molecule has 6 nitrogen and oxygen atoms in total. The van der Waals surface area contributed by atoms with Crippen molar-refractivity contribution < 1.29 is 23.7 Å². The normalized spacial score (nSPS) is 11.6. The van der Waals surface area contributed by atoms with Gasteiger partial charge in [-0.15, -0.1) is 0 Å².